The summed E-state index contributed by atoms with van der Waals surface area (Å²) in [5.41, 5.74) is 11.7. The van der Waals surface area contributed by atoms with E-state index in [1.807, 2.05) is 27.7 Å². The average molecular weight is 626 g/mol. The Morgan fingerprint density at radius 1 is 0.698 bits per heavy atom. The number of carbonyl (C=O) groups is 2. The molecule has 0 aliphatic carbocycles. The second-order valence-electron chi connectivity index (χ2n) is 8.51. The molecule has 0 saturated heterocycles. The van der Waals surface area contributed by atoms with Gasteiger partial charge in [0.05, 0.1) is 106 Å². The van der Waals surface area contributed by atoms with Crippen LogP contribution in [0.4, 0.5) is 0 Å². The van der Waals surface area contributed by atoms with Crippen LogP contribution < -0.4 is 17.3 Å². The van der Waals surface area contributed by atoms with Gasteiger partial charge in [0, 0.05) is 37.8 Å². The Kier molecular flexibility index (Phi) is 40.4. The predicted octanol–water partition coefficient (Wildman–Crippen LogP) is 0.773. The van der Waals surface area contributed by atoms with Gasteiger partial charge in [-0.3, -0.25) is 4.79 Å². The number of likely N-dealkylation sites (N-methyl/N-ethyl adjacent to an activating group) is 1. The number of rotatable bonds is 29. The molecule has 0 radical (unpaired) electrons. The predicted molar refractivity (Wildman–Crippen MR) is 168 cm³/mol. The lowest BCUT2D eigenvalue weighted by atomic mass is 10.1. The van der Waals surface area contributed by atoms with Crippen LogP contribution >= 0.6 is 0 Å². The summed E-state index contributed by atoms with van der Waals surface area (Å²) < 4.78 is 37.8. The Morgan fingerprint density at radius 2 is 1.05 bits per heavy atom. The van der Waals surface area contributed by atoms with Gasteiger partial charge in [0.15, 0.2) is 0 Å². The minimum absolute atomic E-state index is 0.148. The fourth-order valence-electron chi connectivity index (χ4n) is 2.97. The zero-order valence-corrected chi connectivity index (χ0v) is 27.8. The molecule has 0 aromatic carbocycles. The van der Waals surface area contributed by atoms with E-state index in [-0.39, 0.29) is 24.8 Å². The summed E-state index contributed by atoms with van der Waals surface area (Å²) in [5, 5.41) is 1.41. The van der Waals surface area contributed by atoms with Gasteiger partial charge in [0.2, 0.25) is 5.91 Å². The molecular weight excluding hydrogens is 562 g/mol. The highest BCUT2D eigenvalue weighted by molar-refractivity contribution is 5.80. The molecule has 0 spiro atoms. The molecule has 14 heteroatoms. The van der Waals surface area contributed by atoms with E-state index < -0.39 is 0 Å². The first-order chi connectivity index (χ1) is 20.9. The smallest absolute Gasteiger partial charge is 0.225 e. The molecule has 0 heterocycles. The molecule has 0 aromatic heterocycles. The number of aldehydes is 1. The molecule has 6 N–H and O–H groups in total. The Morgan fingerprint density at radius 3 is 1.40 bits per heavy atom. The molecule has 43 heavy (non-hydrogen) atoms. The molecule has 14 nitrogen and oxygen atoms in total. The van der Waals surface area contributed by atoms with Gasteiger partial charge in [0.25, 0.3) is 0 Å². The summed E-state index contributed by atoms with van der Waals surface area (Å²) in [4.78, 5) is 24.1. The molecule has 0 aromatic rings. The molecule has 0 saturated carbocycles. The first kappa shape index (κ1) is 45.5. The number of amides is 1. The molecular formula is C29H63N5O9. The third kappa shape index (κ3) is 34.5. The van der Waals surface area contributed by atoms with Gasteiger partial charge in [-0.25, -0.2) is 5.84 Å². The first-order valence-electron chi connectivity index (χ1n) is 15.3. The fraction of sp³-hybridized carbons (Fsp3) is 0.862. The number of carbonyl (C=O) groups excluding carboxylic acids is 2. The summed E-state index contributed by atoms with van der Waals surface area (Å²) in [6.45, 7) is 17.7. The van der Waals surface area contributed by atoms with Crippen molar-refractivity contribution in [2.45, 2.75) is 41.0 Å². The highest BCUT2D eigenvalue weighted by Crippen LogP contribution is 2.05. The minimum Gasteiger partial charge on any atom is -0.399 e. The van der Waals surface area contributed by atoms with Crippen LogP contribution in [0.5, 0.6) is 0 Å². The number of ether oxygens (including phenoxy) is 7. The normalized spacial score (nSPS) is 11.6. The van der Waals surface area contributed by atoms with E-state index in [0.717, 1.165) is 6.29 Å². The van der Waals surface area contributed by atoms with Crippen molar-refractivity contribution in [3.05, 3.63) is 11.9 Å². The highest BCUT2D eigenvalue weighted by Gasteiger charge is 2.17. The second-order valence-corrected chi connectivity index (χ2v) is 8.51. The van der Waals surface area contributed by atoms with Crippen LogP contribution in [0.3, 0.4) is 0 Å². The van der Waals surface area contributed by atoms with E-state index in [0.29, 0.717) is 111 Å². The topological polar surface area (TPSA) is 183 Å². The van der Waals surface area contributed by atoms with Crippen molar-refractivity contribution < 1.29 is 42.7 Å². The van der Waals surface area contributed by atoms with Crippen molar-refractivity contribution in [1.82, 2.24) is 9.91 Å². The van der Waals surface area contributed by atoms with Gasteiger partial charge in [-0.2, -0.15) is 0 Å². The lowest BCUT2D eigenvalue weighted by Crippen LogP contribution is -2.36. The van der Waals surface area contributed by atoms with Crippen LogP contribution in [0, 0.1) is 5.92 Å². The second kappa shape index (κ2) is 38.1. The lowest BCUT2D eigenvalue weighted by Gasteiger charge is -2.22. The SMILES string of the molecule is CC.CC.CC(CC=O)C(=O)N(C)C/C(N)=C/N(N)CCOCCOCCOCCOCCOCCOCCOCCN. The van der Waals surface area contributed by atoms with E-state index in [2.05, 4.69) is 0 Å². The highest BCUT2D eigenvalue weighted by atomic mass is 16.6. The maximum Gasteiger partial charge on any atom is 0.225 e. The Hall–Kier alpha value is -1.88. The molecule has 258 valence electrons. The average Bonchev–Trinajstić information content (AvgIpc) is 3.01. The lowest BCUT2D eigenvalue weighted by molar-refractivity contribution is -0.134. The zero-order valence-electron chi connectivity index (χ0n) is 27.8. The summed E-state index contributed by atoms with van der Waals surface area (Å²) in [7, 11) is 1.63. The molecule has 0 aliphatic heterocycles. The van der Waals surface area contributed by atoms with Crippen molar-refractivity contribution in [3.63, 3.8) is 0 Å². The van der Waals surface area contributed by atoms with Gasteiger partial charge in [0.1, 0.15) is 6.29 Å². The number of nitrogens with two attached hydrogens (primary N) is 3. The Bertz CT molecular complexity index is 619. The van der Waals surface area contributed by atoms with Crippen molar-refractivity contribution in [2.75, 3.05) is 119 Å². The van der Waals surface area contributed by atoms with Gasteiger partial charge in [-0.1, -0.05) is 34.6 Å². The Balaban J connectivity index is -0.00000382. The third-order valence-corrected chi connectivity index (χ3v) is 4.99. The zero-order chi connectivity index (χ0) is 33.0. The quantitative estimate of drug-likeness (QED) is 0.0459. The number of nitrogens with zero attached hydrogens (tertiary/aromatic N) is 2. The molecule has 0 rings (SSSR count). The molecule has 1 atom stereocenters. The largest absolute Gasteiger partial charge is 0.399 e. The Labute approximate surface area is 260 Å². The first-order valence-corrected chi connectivity index (χ1v) is 15.3. The number of hydrazine groups is 1. The van der Waals surface area contributed by atoms with Crippen molar-refractivity contribution in [1.29, 1.82) is 0 Å². The number of hydrogen-bond donors (Lipinski definition) is 3. The molecule has 1 amide bonds. The van der Waals surface area contributed by atoms with E-state index in [4.69, 9.17) is 50.5 Å². The summed E-state index contributed by atoms with van der Waals surface area (Å²) in [5.74, 6) is 5.37. The molecule has 0 aliphatic rings. The molecule has 1 unspecified atom stereocenters. The van der Waals surface area contributed by atoms with Crippen LogP contribution in [0.1, 0.15) is 41.0 Å². The van der Waals surface area contributed by atoms with E-state index >= 15 is 0 Å². The summed E-state index contributed by atoms with van der Waals surface area (Å²) in [6.07, 6.45) is 2.47. The van der Waals surface area contributed by atoms with Crippen LogP contribution in [0.15, 0.2) is 11.9 Å². The van der Waals surface area contributed by atoms with E-state index in [9.17, 15) is 9.59 Å². The van der Waals surface area contributed by atoms with Crippen LogP contribution in [0.25, 0.3) is 0 Å². The van der Waals surface area contributed by atoms with Crippen LogP contribution in [-0.2, 0) is 42.7 Å². The molecule has 0 bridgehead atoms. The van der Waals surface area contributed by atoms with Crippen molar-refractivity contribution >= 4 is 12.2 Å². The van der Waals surface area contributed by atoms with Crippen molar-refractivity contribution in [2.24, 2.45) is 23.2 Å². The maximum absolute atomic E-state index is 12.1. The van der Waals surface area contributed by atoms with Gasteiger partial charge in [-0.05, 0) is 0 Å². The number of hydrogen-bond acceptors (Lipinski definition) is 13. The standard InChI is InChI=1S/C25H51N5O9.2C2H6/c1-23(3-6-31)25(32)29(2)21-24(27)22-30(28)5-8-34-10-12-36-14-16-38-18-20-39-19-17-37-15-13-35-11-9-33-7-4-26;2*1-2/h6,22-23H,3-5,7-21,26-28H2,1-2H3;2*1-2H3/b24-22-;;. The van der Waals surface area contributed by atoms with Crippen LogP contribution in [0.2, 0.25) is 0 Å². The van der Waals surface area contributed by atoms with Gasteiger partial charge >= 0.3 is 0 Å². The minimum atomic E-state index is -0.378. The summed E-state index contributed by atoms with van der Waals surface area (Å²) in [6, 6.07) is 0. The maximum atomic E-state index is 12.1. The third-order valence-electron chi connectivity index (χ3n) is 4.99. The van der Waals surface area contributed by atoms with Crippen LogP contribution in [-0.4, -0.2) is 141 Å². The summed E-state index contributed by atoms with van der Waals surface area (Å²) >= 11 is 0. The van der Waals surface area contributed by atoms with Gasteiger partial charge < -0.3 is 59.3 Å². The van der Waals surface area contributed by atoms with Crippen molar-refractivity contribution in [3.8, 4) is 0 Å². The molecule has 0 fully saturated rings. The van der Waals surface area contributed by atoms with E-state index in [1.54, 1.807) is 20.2 Å². The fourth-order valence-corrected chi connectivity index (χ4v) is 2.97. The van der Waals surface area contributed by atoms with Gasteiger partial charge in [-0.15, -0.1) is 0 Å². The monoisotopic (exact) mass is 625 g/mol. The van der Waals surface area contributed by atoms with E-state index in [1.165, 1.54) is 9.91 Å².